The van der Waals surface area contributed by atoms with Crippen LogP contribution in [0.1, 0.15) is 38.8 Å². The fourth-order valence-corrected chi connectivity index (χ4v) is 2.34. The molecule has 0 bridgehead atoms. The molecule has 1 aromatic heterocycles. The first kappa shape index (κ1) is 18.0. The van der Waals surface area contributed by atoms with Crippen LogP contribution in [0.15, 0.2) is 34.9 Å². The van der Waals surface area contributed by atoms with E-state index in [4.69, 9.17) is 9.26 Å². The zero-order valence-electron chi connectivity index (χ0n) is 14.7. The number of carbonyl (C=O) groups excluding carboxylic acids is 1. The predicted octanol–water partition coefficient (Wildman–Crippen LogP) is 3.84. The minimum atomic E-state index is 0.106. The van der Waals surface area contributed by atoms with Crippen LogP contribution in [-0.4, -0.2) is 24.7 Å². The number of carbonyl (C=O) groups is 1. The summed E-state index contributed by atoms with van der Waals surface area (Å²) in [6.45, 7) is 5.05. The maximum Gasteiger partial charge on any atom is 0.220 e. The van der Waals surface area contributed by atoms with Crippen molar-refractivity contribution < 1.29 is 14.1 Å². The third-order valence-electron chi connectivity index (χ3n) is 3.81. The van der Waals surface area contributed by atoms with Crippen molar-refractivity contribution in [3.63, 3.8) is 0 Å². The van der Waals surface area contributed by atoms with E-state index in [-0.39, 0.29) is 5.91 Å². The van der Waals surface area contributed by atoms with Gasteiger partial charge in [0, 0.05) is 24.6 Å². The van der Waals surface area contributed by atoms with E-state index in [1.54, 1.807) is 7.11 Å². The third-order valence-corrected chi connectivity index (χ3v) is 3.81. The lowest BCUT2D eigenvalue weighted by Crippen LogP contribution is -2.25. The largest absolute Gasteiger partial charge is 0.497 e. The summed E-state index contributed by atoms with van der Waals surface area (Å²) in [6, 6.07) is 9.58. The quantitative estimate of drug-likeness (QED) is 0.759. The molecule has 1 amide bonds. The molecule has 0 radical (unpaired) electrons. The molecule has 1 heterocycles. The lowest BCUT2D eigenvalue weighted by atomic mass is 10.1. The molecule has 0 aliphatic heterocycles. The summed E-state index contributed by atoms with van der Waals surface area (Å²) in [4.78, 5) is 11.7. The average Bonchev–Trinajstić information content (AvgIpc) is 3.03. The molecule has 0 saturated heterocycles. The van der Waals surface area contributed by atoms with Gasteiger partial charge in [0.15, 0.2) is 5.76 Å². The van der Waals surface area contributed by atoms with Gasteiger partial charge in [-0.3, -0.25) is 4.79 Å². The second-order valence-corrected chi connectivity index (χ2v) is 6.30. The second kappa shape index (κ2) is 9.11. The summed E-state index contributed by atoms with van der Waals surface area (Å²) < 4.78 is 10.5. The summed E-state index contributed by atoms with van der Waals surface area (Å²) in [5.74, 6) is 2.25. The van der Waals surface area contributed by atoms with Crippen molar-refractivity contribution in [2.24, 2.45) is 5.92 Å². The van der Waals surface area contributed by atoms with Gasteiger partial charge in [-0.15, -0.1) is 0 Å². The number of methoxy groups -OCH3 is 1. The van der Waals surface area contributed by atoms with E-state index in [1.807, 2.05) is 30.3 Å². The van der Waals surface area contributed by atoms with Gasteiger partial charge in [-0.05, 0) is 49.4 Å². The SMILES string of the molecule is COc1ccc(-c2cc(CCCC(=O)NCCC(C)C)no2)cc1. The highest BCUT2D eigenvalue weighted by Gasteiger charge is 2.08. The molecule has 0 atom stereocenters. The molecule has 0 spiro atoms. The lowest BCUT2D eigenvalue weighted by Gasteiger charge is -2.06. The maximum atomic E-state index is 11.7. The van der Waals surface area contributed by atoms with E-state index in [1.165, 1.54) is 0 Å². The van der Waals surface area contributed by atoms with Crippen LogP contribution in [0.2, 0.25) is 0 Å². The van der Waals surface area contributed by atoms with E-state index >= 15 is 0 Å². The van der Waals surface area contributed by atoms with E-state index in [2.05, 4.69) is 24.3 Å². The van der Waals surface area contributed by atoms with Crippen molar-refractivity contribution in [2.45, 2.75) is 39.5 Å². The summed E-state index contributed by atoms with van der Waals surface area (Å²) in [5.41, 5.74) is 1.83. The highest BCUT2D eigenvalue weighted by Crippen LogP contribution is 2.23. The van der Waals surface area contributed by atoms with Crippen LogP contribution < -0.4 is 10.1 Å². The molecule has 2 rings (SSSR count). The average molecular weight is 330 g/mol. The Morgan fingerprint density at radius 2 is 2.04 bits per heavy atom. The van der Waals surface area contributed by atoms with Crippen LogP contribution in [0, 0.1) is 5.92 Å². The first-order valence-corrected chi connectivity index (χ1v) is 8.45. The Morgan fingerprint density at radius 3 is 2.71 bits per heavy atom. The second-order valence-electron chi connectivity index (χ2n) is 6.30. The number of nitrogens with one attached hydrogen (secondary N) is 1. The zero-order chi connectivity index (χ0) is 17.4. The molecule has 1 N–H and O–H groups in total. The number of aromatic nitrogens is 1. The maximum absolute atomic E-state index is 11.7. The topological polar surface area (TPSA) is 64.4 Å². The van der Waals surface area contributed by atoms with E-state index in [0.717, 1.165) is 48.6 Å². The highest BCUT2D eigenvalue weighted by atomic mass is 16.5. The number of ether oxygens (including phenoxy) is 1. The Kier molecular flexibility index (Phi) is 6.85. The fraction of sp³-hybridized carbons (Fsp3) is 0.474. The summed E-state index contributed by atoms with van der Waals surface area (Å²) in [6.07, 6.45) is 3.03. The molecule has 0 aliphatic carbocycles. The van der Waals surface area contributed by atoms with E-state index < -0.39 is 0 Å². The number of aryl methyl sites for hydroxylation is 1. The standard InChI is InChI=1S/C19H26N2O3/c1-14(2)11-12-20-19(22)6-4-5-16-13-18(24-21-16)15-7-9-17(23-3)10-8-15/h7-10,13-14H,4-6,11-12H2,1-3H3,(H,20,22). The van der Waals surface area contributed by atoms with Crippen molar-refractivity contribution in [1.82, 2.24) is 10.5 Å². The van der Waals surface area contributed by atoms with Crippen LogP contribution in [0.4, 0.5) is 0 Å². The normalized spacial score (nSPS) is 10.8. The van der Waals surface area contributed by atoms with Gasteiger partial charge in [-0.1, -0.05) is 19.0 Å². The molecule has 0 saturated carbocycles. The molecule has 130 valence electrons. The van der Waals surface area contributed by atoms with Crippen LogP contribution in [0.5, 0.6) is 5.75 Å². The molecular weight excluding hydrogens is 304 g/mol. The Morgan fingerprint density at radius 1 is 1.29 bits per heavy atom. The Labute approximate surface area is 143 Å². The number of benzene rings is 1. The predicted molar refractivity (Wildman–Crippen MR) is 93.9 cm³/mol. The Bertz CT molecular complexity index is 632. The Hall–Kier alpha value is -2.30. The van der Waals surface area contributed by atoms with Crippen molar-refractivity contribution in [3.05, 3.63) is 36.0 Å². The first-order chi connectivity index (χ1) is 11.6. The van der Waals surface area contributed by atoms with Gasteiger partial charge in [0.25, 0.3) is 0 Å². The highest BCUT2D eigenvalue weighted by molar-refractivity contribution is 5.75. The van der Waals surface area contributed by atoms with Crippen LogP contribution in [0.25, 0.3) is 11.3 Å². The van der Waals surface area contributed by atoms with Gasteiger partial charge < -0.3 is 14.6 Å². The lowest BCUT2D eigenvalue weighted by molar-refractivity contribution is -0.121. The van der Waals surface area contributed by atoms with Gasteiger partial charge >= 0.3 is 0 Å². The van der Waals surface area contributed by atoms with Gasteiger partial charge in [-0.25, -0.2) is 0 Å². The van der Waals surface area contributed by atoms with Crippen molar-refractivity contribution in [2.75, 3.05) is 13.7 Å². The molecule has 5 nitrogen and oxygen atoms in total. The van der Waals surface area contributed by atoms with Crippen molar-refractivity contribution >= 4 is 5.91 Å². The van der Waals surface area contributed by atoms with Gasteiger partial charge in [0.05, 0.1) is 12.8 Å². The van der Waals surface area contributed by atoms with Gasteiger partial charge in [-0.2, -0.15) is 0 Å². The number of amides is 1. The van der Waals surface area contributed by atoms with Crippen LogP contribution in [-0.2, 0) is 11.2 Å². The minimum absolute atomic E-state index is 0.106. The number of nitrogens with zero attached hydrogens (tertiary/aromatic N) is 1. The molecule has 0 fully saturated rings. The number of hydrogen-bond acceptors (Lipinski definition) is 4. The third kappa shape index (κ3) is 5.72. The molecule has 24 heavy (non-hydrogen) atoms. The van der Waals surface area contributed by atoms with Crippen LogP contribution in [0.3, 0.4) is 0 Å². The summed E-state index contributed by atoms with van der Waals surface area (Å²) >= 11 is 0. The zero-order valence-corrected chi connectivity index (χ0v) is 14.7. The molecule has 2 aromatic rings. The van der Waals surface area contributed by atoms with Gasteiger partial charge in [0.1, 0.15) is 5.75 Å². The van der Waals surface area contributed by atoms with Crippen molar-refractivity contribution in [3.8, 4) is 17.1 Å². The smallest absolute Gasteiger partial charge is 0.220 e. The van der Waals surface area contributed by atoms with E-state index in [0.29, 0.717) is 12.3 Å². The molecule has 1 aromatic carbocycles. The first-order valence-electron chi connectivity index (χ1n) is 8.45. The Balaban J connectivity index is 1.76. The van der Waals surface area contributed by atoms with Gasteiger partial charge in [0.2, 0.25) is 5.91 Å². The number of hydrogen-bond donors (Lipinski definition) is 1. The number of rotatable bonds is 9. The summed E-state index contributed by atoms with van der Waals surface area (Å²) in [7, 11) is 1.64. The minimum Gasteiger partial charge on any atom is -0.497 e. The molecule has 0 unspecified atom stereocenters. The monoisotopic (exact) mass is 330 g/mol. The van der Waals surface area contributed by atoms with Crippen LogP contribution >= 0.6 is 0 Å². The van der Waals surface area contributed by atoms with E-state index in [9.17, 15) is 4.79 Å². The van der Waals surface area contributed by atoms with Crippen molar-refractivity contribution in [1.29, 1.82) is 0 Å². The molecular formula is C19H26N2O3. The summed E-state index contributed by atoms with van der Waals surface area (Å²) in [5, 5.41) is 7.03. The molecule has 5 heteroatoms. The molecule has 0 aliphatic rings. The fourth-order valence-electron chi connectivity index (χ4n) is 2.34.